The number of Topliss-reactive ketones (excluding diaryl/α,β-unsaturated/α-hetero) is 1. The molecule has 1 aliphatic rings. The minimum atomic E-state index is -2.83. The maximum absolute atomic E-state index is 12.5. The van der Waals surface area contributed by atoms with Crippen molar-refractivity contribution in [1.29, 1.82) is 5.41 Å². The van der Waals surface area contributed by atoms with Gasteiger partial charge in [0.25, 0.3) is 6.43 Å². The third kappa shape index (κ3) is 5.28. The maximum atomic E-state index is 12.5. The first-order valence-electron chi connectivity index (χ1n) is 9.35. The van der Waals surface area contributed by atoms with Crippen LogP contribution in [0.1, 0.15) is 12.7 Å². The van der Waals surface area contributed by atoms with E-state index in [9.17, 15) is 13.6 Å². The molecule has 160 valence electrons. The lowest BCUT2D eigenvalue weighted by Crippen LogP contribution is -2.49. The molecule has 0 aromatic carbocycles. The number of rotatable bonds is 8. The molecular weight excluding hydrogens is 412 g/mol. The summed E-state index contributed by atoms with van der Waals surface area (Å²) in [5, 5.41) is 7.16. The van der Waals surface area contributed by atoms with Crippen molar-refractivity contribution in [3.05, 3.63) is 30.5 Å². The topological polar surface area (TPSA) is 111 Å². The normalized spacial score (nSPS) is 19.8. The van der Waals surface area contributed by atoms with Gasteiger partial charge in [-0.05, 0) is 18.4 Å². The lowest BCUT2D eigenvalue weighted by molar-refractivity contribution is -0.126. The first kappa shape index (κ1) is 22.0. The number of alkyl halides is 2. The number of carbonyl (C=O) groups is 1. The Labute approximate surface area is 177 Å². The van der Waals surface area contributed by atoms with E-state index in [2.05, 4.69) is 29.6 Å². The number of ketones is 1. The van der Waals surface area contributed by atoms with Gasteiger partial charge in [-0.3, -0.25) is 14.9 Å². The third-order valence-electron chi connectivity index (χ3n) is 4.80. The Balaban J connectivity index is 1.76. The number of nitrogens with one attached hydrogen (secondary N) is 3. The van der Waals surface area contributed by atoms with Crippen molar-refractivity contribution in [3.63, 3.8) is 0 Å². The molecule has 3 heterocycles. The van der Waals surface area contributed by atoms with Crippen LogP contribution in [0.2, 0.25) is 0 Å². The molecule has 2 aromatic rings. The molecular formula is C19H23F2N7OS. The van der Waals surface area contributed by atoms with Crippen LogP contribution in [0, 0.1) is 17.2 Å². The minimum absolute atomic E-state index is 0.0973. The fraction of sp³-hybridized carbons (Fsp3) is 0.421. The van der Waals surface area contributed by atoms with E-state index in [0.717, 1.165) is 6.08 Å². The van der Waals surface area contributed by atoms with Crippen molar-refractivity contribution in [2.24, 2.45) is 11.8 Å². The molecule has 30 heavy (non-hydrogen) atoms. The van der Waals surface area contributed by atoms with Crippen molar-refractivity contribution in [3.8, 4) is 11.4 Å². The number of H-pyrrole nitrogens is 1. The molecule has 1 fully saturated rings. The number of aromatic nitrogens is 4. The summed E-state index contributed by atoms with van der Waals surface area (Å²) >= 11 is 1.49. The molecule has 11 heteroatoms. The summed E-state index contributed by atoms with van der Waals surface area (Å²) in [6.45, 7) is 3.67. The van der Waals surface area contributed by atoms with Gasteiger partial charge in [0.2, 0.25) is 0 Å². The zero-order valence-corrected chi connectivity index (χ0v) is 17.4. The van der Waals surface area contributed by atoms with E-state index in [0.29, 0.717) is 42.7 Å². The van der Waals surface area contributed by atoms with Crippen LogP contribution in [-0.4, -0.2) is 63.7 Å². The average molecular weight is 436 g/mol. The Kier molecular flexibility index (Phi) is 7.27. The molecule has 0 bridgehead atoms. The predicted molar refractivity (Wildman–Crippen MR) is 114 cm³/mol. The first-order chi connectivity index (χ1) is 14.4. The molecule has 8 nitrogen and oxygen atoms in total. The van der Waals surface area contributed by atoms with E-state index in [-0.39, 0.29) is 17.6 Å². The Morgan fingerprint density at radius 3 is 2.97 bits per heavy atom. The summed E-state index contributed by atoms with van der Waals surface area (Å²) in [4.78, 5) is 30.3. The minimum Gasteiger partial charge on any atom is -0.355 e. The quantitative estimate of drug-likeness (QED) is 0.432. The molecule has 1 saturated heterocycles. The number of hydrogen-bond acceptors (Lipinski definition) is 8. The Morgan fingerprint density at radius 2 is 2.23 bits per heavy atom. The number of anilines is 1. The summed E-state index contributed by atoms with van der Waals surface area (Å²) < 4.78 is 28.0. The second-order valence-corrected chi connectivity index (χ2v) is 7.69. The van der Waals surface area contributed by atoms with Gasteiger partial charge in [-0.1, -0.05) is 18.9 Å². The average Bonchev–Trinajstić information content (AvgIpc) is 3.22. The number of imidazole rings is 1. The van der Waals surface area contributed by atoms with E-state index in [4.69, 9.17) is 5.41 Å². The SMILES string of the molecule is CSNCC1CN(c2cc(-c3cnc(/C=C\C(=N)C(F)F)[nH]3)ncn2)CC(C)C1=O. The Morgan fingerprint density at radius 1 is 1.43 bits per heavy atom. The van der Waals surface area contributed by atoms with Crippen molar-refractivity contribution in [2.75, 3.05) is 30.8 Å². The maximum Gasteiger partial charge on any atom is 0.279 e. The molecule has 0 aliphatic carbocycles. The molecule has 0 radical (unpaired) electrons. The number of hydrogen-bond donors (Lipinski definition) is 3. The highest BCUT2D eigenvalue weighted by molar-refractivity contribution is 7.96. The monoisotopic (exact) mass is 435 g/mol. The van der Waals surface area contributed by atoms with Gasteiger partial charge in [0.15, 0.2) is 0 Å². The summed E-state index contributed by atoms with van der Waals surface area (Å²) in [5.41, 5.74) is 0.416. The van der Waals surface area contributed by atoms with Crippen LogP contribution in [0.5, 0.6) is 0 Å². The Hall–Kier alpha value is -2.66. The van der Waals surface area contributed by atoms with E-state index in [1.807, 2.05) is 19.2 Å². The lowest BCUT2D eigenvalue weighted by atomic mass is 9.89. The molecule has 0 saturated carbocycles. The number of allylic oxidation sites excluding steroid dienone is 1. The number of halogens is 2. The predicted octanol–water partition coefficient (Wildman–Crippen LogP) is 2.67. The van der Waals surface area contributed by atoms with Crippen molar-refractivity contribution >= 4 is 35.3 Å². The highest BCUT2D eigenvalue weighted by Crippen LogP contribution is 2.25. The van der Waals surface area contributed by atoms with Gasteiger partial charge in [-0.25, -0.2) is 23.7 Å². The highest BCUT2D eigenvalue weighted by Gasteiger charge is 2.33. The van der Waals surface area contributed by atoms with Crippen molar-refractivity contribution in [1.82, 2.24) is 24.7 Å². The van der Waals surface area contributed by atoms with Gasteiger partial charge in [0.1, 0.15) is 23.8 Å². The molecule has 3 N–H and O–H groups in total. The van der Waals surface area contributed by atoms with E-state index in [1.165, 1.54) is 24.4 Å². The number of nitrogens with zero attached hydrogens (tertiary/aromatic N) is 4. The van der Waals surface area contributed by atoms with E-state index < -0.39 is 12.1 Å². The molecule has 0 spiro atoms. The fourth-order valence-electron chi connectivity index (χ4n) is 3.25. The smallest absolute Gasteiger partial charge is 0.279 e. The molecule has 3 rings (SSSR count). The number of piperidine rings is 1. The molecule has 0 amide bonds. The van der Waals surface area contributed by atoms with Crippen LogP contribution >= 0.6 is 11.9 Å². The van der Waals surface area contributed by atoms with Gasteiger partial charge >= 0.3 is 0 Å². The third-order valence-corrected chi connectivity index (χ3v) is 5.26. The van der Waals surface area contributed by atoms with Crippen LogP contribution in [0.3, 0.4) is 0 Å². The van der Waals surface area contributed by atoms with Crippen molar-refractivity contribution in [2.45, 2.75) is 13.3 Å². The first-order valence-corrected chi connectivity index (χ1v) is 10.6. The molecule has 2 aromatic heterocycles. The molecule has 2 unspecified atom stereocenters. The summed E-state index contributed by atoms with van der Waals surface area (Å²) in [7, 11) is 0. The lowest BCUT2D eigenvalue weighted by Gasteiger charge is -2.36. The van der Waals surface area contributed by atoms with E-state index >= 15 is 0 Å². The molecule has 1 aliphatic heterocycles. The number of carbonyl (C=O) groups excluding carboxylic acids is 1. The second-order valence-electron chi connectivity index (χ2n) is 6.99. The Bertz CT molecular complexity index is 933. The van der Waals surface area contributed by atoms with Crippen LogP contribution in [0.4, 0.5) is 14.6 Å². The largest absolute Gasteiger partial charge is 0.355 e. The second kappa shape index (κ2) is 9.90. The molecule has 2 atom stereocenters. The van der Waals surface area contributed by atoms with Crippen LogP contribution < -0.4 is 9.62 Å². The van der Waals surface area contributed by atoms with Crippen molar-refractivity contribution < 1.29 is 13.6 Å². The summed E-state index contributed by atoms with van der Waals surface area (Å²) in [5.74, 6) is 1.09. The van der Waals surface area contributed by atoms with Gasteiger partial charge in [0.05, 0.1) is 23.3 Å². The number of aromatic amines is 1. The van der Waals surface area contributed by atoms with Crippen LogP contribution in [0.15, 0.2) is 24.7 Å². The standard InChI is InChI=1S/C19H23F2N7OS/c1-11-8-28(9-12(18(11)29)6-26-30-2)17-5-14(24-10-25-17)15-7-23-16(27-15)4-3-13(22)19(20)21/h3-5,7,10-12,19,22,26H,6,8-9H2,1-2H3,(H,23,27)/b4-3-,22-13?. The van der Waals surface area contributed by atoms with Gasteiger partial charge < -0.3 is 9.88 Å². The van der Waals surface area contributed by atoms with Crippen LogP contribution in [0.25, 0.3) is 17.5 Å². The van der Waals surface area contributed by atoms with Gasteiger partial charge in [-0.2, -0.15) is 0 Å². The highest BCUT2D eigenvalue weighted by atomic mass is 32.2. The zero-order valence-electron chi connectivity index (χ0n) is 16.6. The van der Waals surface area contributed by atoms with E-state index in [1.54, 1.807) is 6.20 Å². The zero-order chi connectivity index (χ0) is 21.7. The van der Waals surface area contributed by atoms with Gasteiger partial charge in [-0.15, -0.1) is 0 Å². The van der Waals surface area contributed by atoms with Gasteiger partial charge in [0, 0.05) is 37.5 Å². The summed E-state index contributed by atoms with van der Waals surface area (Å²) in [6.07, 6.45) is 4.42. The summed E-state index contributed by atoms with van der Waals surface area (Å²) in [6, 6.07) is 1.81. The fourth-order valence-corrected chi connectivity index (χ4v) is 3.62. The van der Waals surface area contributed by atoms with Crippen LogP contribution in [-0.2, 0) is 4.79 Å².